The zero-order chi connectivity index (χ0) is 22.0. The molecule has 0 fully saturated rings. The maximum absolute atomic E-state index is 11.9. The minimum atomic E-state index is -1.61. The predicted octanol–water partition coefficient (Wildman–Crippen LogP) is -2.02. The highest BCUT2D eigenvalue weighted by atomic mass is 16.6. The summed E-state index contributed by atoms with van der Waals surface area (Å²) < 4.78 is 11.2. The molecule has 0 saturated carbocycles. The predicted molar refractivity (Wildman–Crippen MR) is 97.2 cm³/mol. The molecule has 158 valence electrons. The summed E-state index contributed by atoms with van der Waals surface area (Å²) >= 11 is 0. The van der Waals surface area contributed by atoms with Gasteiger partial charge in [0.2, 0.25) is 5.91 Å². The second kappa shape index (κ2) is 11.3. The Kier molecular flexibility index (Phi) is 9.10. The number of nitrogen functional groups attached to an aromatic ring is 1. The van der Waals surface area contributed by atoms with Gasteiger partial charge in [-0.15, -0.1) is 0 Å². The number of nitrogens with zero attached hydrogens (tertiary/aromatic N) is 3. The molecule has 1 aromatic heterocycles. The van der Waals surface area contributed by atoms with E-state index in [1.165, 1.54) is 12.3 Å². The Labute approximate surface area is 164 Å². The average Bonchev–Trinajstić information content (AvgIpc) is 2.66. The quantitative estimate of drug-likeness (QED) is 0.197. The van der Waals surface area contributed by atoms with Crippen molar-refractivity contribution >= 4 is 17.7 Å². The lowest BCUT2D eigenvalue weighted by molar-refractivity contribution is -0.145. The third-order valence-corrected chi connectivity index (χ3v) is 3.51. The molecule has 13 nitrogen and oxygen atoms in total. The molecule has 0 aliphatic heterocycles. The molecule has 1 unspecified atom stereocenters. The summed E-state index contributed by atoms with van der Waals surface area (Å²) in [6.45, 7) is -1.12. The highest BCUT2D eigenvalue weighted by molar-refractivity contribution is 5.78. The maximum atomic E-state index is 11.9. The summed E-state index contributed by atoms with van der Waals surface area (Å²) in [5, 5.41) is 28.5. The van der Waals surface area contributed by atoms with E-state index in [0.29, 0.717) is 0 Å². The third kappa shape index (κ3) is 7.87. The average molecular weight is 410 g/mol. The molecule has 13 heteroatoms. The molecule has 1 amide bonds. The standard InChI is InChI=1S/C16H22N6O7/c17-5-3-10(23)14(25)11(7-28-15(26)9(18)1-2-13(20)24)29-8-22-6-4-12(19)21-16(22)27/h4,6,9-10,23,25H,1-3,7-8,18H2,(H2,20,24)(H2,19,21,27)/b14-11+/t9-,10?/m1/s1. The minimum Gasteiger partial charge on any atom is -0.506 e. The van der Waals surface area contributed by atoms with E-state index < -0.39 is 61.0 Å². The van der Waals surface area contributed by atoms with Gasteiger partial charge in [-0.05, 0) is 12.5 Å². The Hall–Kier alpha value is -3.63. The largest absolute Gasteiger partial charge is 0.506 e. The van der Waals surface area contributed by atoms with E-state index in [4.69, 9.17) is 31.9 Å². The van der Waals surface area contributed by atoms with Gasteiger partial charge in [0.05, 0.1) is 12.5 Å². The van der Waals surface area contributed by atoms with Gasteiger partial charge in [-0.3, -0.25) is 14.2 Å². The molecule has 29 heavy (non-hydrogen) atoms. The number of aromatic nitrogens is 2. The van der Waals surface area contributed by atoms with Gasteiger partial charge in [0.15, 0.2) is 24.9 Å². The van der Waals surface area contributed by atoms with Gasteiger partial charge in [0.1, 0.15) is 18.0 Å². The molecular formula is C16H22N6O7. The molecule has 8 N–H and O–H groups in total. The number of aliphatic hydroxyl groups excluding tert-OH is 2. The van der Waals surface area contributed by atoms with E-state index in [1.54, 1.807) is 6.07 Å². The number of anilines is 1. The maximum Gasteiger partial charge on any atom is 0.352 e. The molecule has 1 aromatic rings. The van der Waals surface area contributed by atoms with E-state index in [1.807, 2.05) is 0 Å². The molecule has 0 bridgehead atoms. The molecule has 0 radical (unpaired) electrons. The molecule has 1 rings (SSSR count). The van der Waals surface area contributed by atoms with Crippen molar-refractivity contribution in [2.45, 2.75) is 38.1 Å². The van der Waals surface area contributed by atoms with Gasteiger partial charge < -0.3 is 36.9 Å². The van der Waals surface area contributed by atoms with Crippen molar-refractivity contribution in [2.24, 2.45) is 11.5 Å². The van der Waals surface area contributed by atoms with E-state index in [2.05, 4.69) is 4.98 Å². The van der Waals surface area contributed by atoms with Crippen molar-refractivity contribution in [3.63, 3.8) is 0 Å². The summed E-state index contributed by atoms with van der Waals surface area (Å²) in [5.74, 6) is -2.74. The van der Waals surface area contributed by atoms with Crippen molar-refractivity contribution in [3.8, 4) is 6.07 Å². The zero-order valence-electron chi connectivity index (χ0n) is 15.4. The molecule has 0 aliphatic carbocycles. The SMILES string of the molecule is N#CCC(O)/C(O)=C(/COC(=O)[C@H](N)CCC(N)=O)OCn1ccc(N)nc1=O. The summed E-state index contributed by atoms with van der Waals surface area (Å²) in [6.07, 6.45) is -0.984. The molecule has 0 saturated heterocycles. The van der Waals surface area contributed by atoms with Crippen LogP contribution in [-0.2, 0) is 25.8 Å². The molecule has 0 spiro atoms. The van der Waals surface area contributed by atoms with Crippen molar-refractivity contribution in [1.29, 1.82) is 5.26 Å². The van der Waals surface area contributed by atoms with Gasteiger partial charge in [0.25, 0.3) is 0 Å². The number of hydrogen-bond acceptors (Lipinski definition) is 11. The lowest BCUT2D eigenvalue weighted by Crippen LogP contribution is -2.34. The smallest absolute Gasteiger partial charge is 0.352 e. The summed E-state index contributed by atoms with van der Waals surface area (Å²) in [5.41, 5.74) is 15.2. The summed E-state index contributed by atoms with van der Waals surface area (Å²) in [6, 6.07) is 1.83. The monoisotopic (exact) mass is 410 g/mol. The number of carbonyl (C=O) groups excluding carboxylic acids is 2. The topological polar surface area (TPSA) is 230 Å². The van der Waals surface area contributed by atoms with Gasteiger partial charge >= 0.3 is 11.7 Å². The Bertz CT molecular complexity index is 860. The second-order valence-corrected chi connectivity index (χ2v) is 5.78. The first-order valence-corrected chi connectivity index (χ1v) is 8.29. The Balaban J connectivity index is 2.87. The van der Waals surface area contributed by atoms with E-state index >= 15 is 0 Å². The van der Waals surface area contributed by atoms with Crippen LogP contribution in [0.25, 0.3) is 0 Å². The van der Waals surface area contributed by atoms with Crippen molar-refractivity contribution in [1.82, 2.24) is 9.55 Å². The van der Waals surface area contributed by atoms with E-state index in [-0.39, 0.29) is 18.7 Å². The number of nitriles is 1. The van der Waals surface area contributed by atoms with Gasteiger partial charge in [0, 0.05) is 12.6 Å². The fraction of sp³-hybridized carbons (Fsp3) is 0.438. The Morgan fingerprint density at radius 3 is 2.66 bits per heavy atom. The van der Waals surface area contributed by atoms with Crippen LogP contribution in [0.5, 0.6) is 0 Å². The molecule has 1 heterocycles. The molecule has 0 aliphatic rings. The lowest BCUT2D eigenvalue weighted by atomic mass is 10.1. The number of aliphatic hydroxyl groups is 2. The van der Waals surface area contributed by atoms with Crippen LogP contribution in [0.2, 0.25) is 0 Å². The molecular weight excluding hydrogens is 388 g/mol. The van der Waals surface area contributed by atoms with Crippen molar-refractivity contribution in [2.75, 3.05) is 12.3 Å². The second-order valence-electron chi connectivity index (χ2n) is 5.78. The first-order chi connectivity index (χ1) is 13.6. The normalized spacial score (nSPS) is 13.6. The van der Waals surface area contributed by atoms with Crippen LogP contribution in [0.15, 0.2) is 28.6 Å². The Morgan fingerprint density at radius 2 is 2.07 bits per heavy atom. The fourth-order valence-electron chi connectivity index (χ4n) is 1.91. The first kappa shape index (κ1) is 23.4. The lowest BCUT2D eigenvalue weighted by Gasteiger charge is -2.17. The van der Waals surface area contributed by atoms with Gasteiger partial charge in [-0.1, -0.05) is 0 Å². The first-order valence-electron chi connectivity index (χ1n) is 8.29. The summed E-state index contributed by atoms with van der Waals surface area (Å²) in [4.78, 5) is 37.8. The van der Waals surface area contributed by atoms with Gasteiger partial charge in [-0.2, -0.15) is 10.2 Å². The number of carbonyl (C=O) groups is 2. The number of primary amides is 1. The van der Waals surface area contributed by atoms with E-state index in [9.17, 15) is 24.6 Å². The molecule has 0 aromatic carbocycles. The van der Waals surface area contributed by atoms with Gasteiger partial charge in [-0.25, -0.2) is 4.79 Å². The zero-order valence-corrected chi connectivity index (χ0v) is 15.4. The van der Waals surface area contributed by atoms with Crippen LogP contribution in [-0.4, -0.2) is 50.4 Å². The summed E-state index contributed by atoms with van der Waals surface area (Å²) in [7, 11) is 0. The number of nitrogens with two attached hydrogens (primary N) is 3. The van der Waals surface area contributed by atoms with Crippen molar-refractivity contribution < 1.29 is 29.3 Å². The van der Waals surface area contributed by atoms with Crippen molar-refractivity contribution in [3.05, 3.63) is 34.3 Å². The minimum absolute atomic E-state index is 0.00631. The van der Waals surface area contributed by atoms with Crippen LogP contribution in [0, 0.1) is 11.3 Å². The third-order valence-electron chi connectivity index (χ3n) is 3.51. The fourth-order valence-corrected chi connectivity index (χ4v) is 1.91. The highest BCUT2D eigenvalue weighted by Gasteiger charge is 2.21. The number of amides is 1. The van der Waals surface area contributed by atoms with Crippen LogP contribution >= 0.6 is 0 Å². The van der Waals surface area contributed by atoms with Crippen LogP contribution in [0.4, 0.5) is 5.82 Å². The Morgan fingerprint density at radius 1 is 1.38 bits per heavy atom. The number of esters is 1. The molecule has 2 atom stereocenters. The highest BCUT2D eigenvalue weighted by Crippen LogP contribution is 2.13. The number of ether oxygens (including phenoxy) is 2. The number of hydrogen-bond donors (Lipinski definition) is 5. The van der Waals surface area contributed by atoms with Crippen LogP contribution in [0.1, 0.15) is 19.3 Å². The van der Waals surface area contributed by atoms with Crippen LogP contribution in [0.3, 0.4) is 0 Å². The number of rotatable bonds is 11. The van der Waals surface area contributed by atoms with Crippen LogP contribution < -0.4 is 22.9 Å². The van der Waals surface area contributed by atoms with E-state index in [0.717, 1.165) is 4.57 Å².